The normalized spacial score (nSPS) is 18.6. The maximum atomic E-state index is 14.7. The monoisotopic (exact) mass is 651 g/mol. The Balaban J connectivity index is 1.38. The standard InChI is InChI=1S/C31H34ClF4N5O4/c1-3-43-24-8-5-18(13-22(24)33)21-14-19(32)6-7-20(21)27(31(34,35)36)45-26-15-25(39-29(37)40-26)41-11-9-30(10-12-41)16-23(38-17-30)28(42)44-4-2/h5-8,13-15,23,27,38H,3-4,9-12,16-17H2,1-2H3,(H2,37,39,40)/t23-,27+/m0/s1. The van der Waals surface area contributed by atoms with Crippen LogP contribution in [0.3, 0.4) is 0 Å². The molecule has 242 valence electrons. The van der Waals surface area contributed by atoms with Crippen molar-refractivity contribution in [1.82, 2.24) is 15.3 Å². The summed E-state index contributed by atoms with van der Waals surface area (Å²) >= 11 is 6.17. The zero-order valence-electron chi connectivity index (χ0n) is 24.8. The van der Waals surface area contributed by atoms with Gasteiger partial charge in [-0.25, -0.2) is 4.39 Å². The van der Waals surface area contributed by atoms with E-state index in [1.54, 1.807) is 13.8 Å². The second-order valence-electron chi connectivity index (χ2n) is 11.1. The van der Waals surface area contributed by atoms with Crippen molar-refractivity contribution in [2.45, 2.75) is 51.4 Å². The van der Waals surface area contributed by atoms with E-state index in [2.05, 4.69) is 15.3 Å². The van der Waals surface area contributed by atoms with Crippen LogP contribution in [0, 0.1) is 11.2 Å². The minimum atomic E-state index is -4.89. The number of hydrogen-bond donors (Lipinski definition) is 2. The van der Waals surface area contributed by atoms with Crippen molar-refractivity contribution in [3.05, 3.63) is 58.9 Å². The fourth-order valence-corrected chi connectivity index (χ4v) is 6.12. The van der Waals surface area contributed by atoms with Crippen LogP contribution >= 0.6 is 11.6 Å². The van der Waals surface area contributed by atoms with Crippen LogP contribution in [0.15, 0.2) is 42.5 Å². The number of rotatable bonds is 9. The number of nitrogen functional groups attached to an aromatic ring is 1. The number of nitrogens with one attached hydrogen (secondary N) is 1. The summed E-state index contributed by atoms with van der Waals surface area (Å²) in [6.45, 7) is 5.74. The van der Waals surface area contributed by atoms with Gasteiger partial charge < -0.3 is 30.2 Å². The lowest BCUT2D eigenvalue weighted by Gasteiger charge is -2.39. The van der Waals surface area contributed by atoms with E-state index in [1.165, 1.54) is 36.4 Å². The Morgan fingerprint density at radius 2 is 1.89 bits per heavy atom. The predicted molar refractivity (Wildman–Crippen MR) is 161 cm³/mol. The maximum absolute atomic E-state index is 14.7. The first-order valence-corrected chi connectivity index (χ1v) is 15.0. The van der Waals surface area contributed by atoms with Gasteiger partial charge in [-0.2, -0.15) is 23.1 Å². The van der Waals surface area contributed by atoms with E-state index in [4.69, 9.17) is 31.5 Å². The van der Waals surface area contributed by atoms with E-state index in [-0.39, 0.29) is 63.3 Å². The van der Waals surface area contributed by atoms with Crippen molar-refractivity contribution < 1.29 is 36.6 Å². The molecule has 5 rings (SSSR count). The van der Waals surface area contributed by atoms with Crippen molar-refractivity contribution in [2.24, 2.45) is 5.41 Å². The summed E-state index contributed by atoms with van der Waals surface area (Å²) in [5, 5.41) is 3.42. The van der Waals surface area contributed by atoms with Crippen molar-refractivity contribution in [1.29, 1.82) is 0 Å². The zero-order chi connectivity index (χ0) is 32.4. The first-order chi connectivity index (χ1) is 21.4. The number of anilines is 2. The Morgan fingerprint density at radius 3 is 2.56 bits per heavy atom. The smallest absolute Gasteiger partial charge is 0.429 e. The third kappa shape index (κ3) is 7.36. The highest BCUT2D eigenvalue weighted by Crippen LogP contribution is 2.44. The van der Waals surface area contributed by atoms with Gasteiger partial charge in [0.25, 0.3) is 0 Å². The fourth-order valence-electron chi connectivity index (χ4n) is 5.95. The van der Waals surface area contributed by atoms with Gasteiger partial charge in [0.2, 0.25) is 17.9 Å². The molecular formula is C31H34ClF4N5O4. The third-order valence-corrected chi connectivity index (χ3v) is 8.40. The molecule has 2 atom stereocenters. The molecule has 0 unspecified atom stereocenters. The number of carbonyl (C=O) groups is 1. The van der Waals surface area contributed by atoms with E-state index in [0.29, 0.717) is 38.5 Å². The van der Waals surface area contributed by atoms with Crippen LogP contribution < -0.4 is 25.4 Å². The molecule has 3 aromatic rings. The van der Waals surface area contributed by atoms with E-state index < -0.39 is 18.1 Å². The molecule has 1 spiro atoms. The molecule has 2 aliphatic rings. The molecule has 0 aliphatic carbocycles. The van der Waals surface area contributed by atoms with Crippen LogP contribution in [-0.4, -0.2) is 61.0 Å². The summed E-state index contributed by atoms with van der Waals surface area (Å²) in [4.78, 5) is 22.3. The molecule has 0 saturated carbocycles. The van der Waals surface area contributed by atoms with Crippen LogP contribution in [-0.2, 0) is 9.53 Å². The SMILES string of the molecule is CCOC(=O)[C@@H]1CC2(CCN(c3cc(O[C@H](c4ccc(Cl)cc4-c4ccc(OCC)c(F)c4)C(F)(F)F)nc(N)n3)CC2)CN1. The second-order valence-corrected chi connectivity index (χ2v) is 11.6. The minimum Gasteiger partial charge on any atom is -0.491 e. The van der Waals surface area contributed by atoms with Crippen molar-refractivity contribution in [3.63, 3.8) is 0 Å². The molecule has 0 bridgehead atoms. The van der Waals surface area contributed by atoms with Gasteiger partial charge in [-0.05, 0) is 73.9 Å². The molecule has 0 radical (unpaired) electrons. The summed E-state index contributed by atoms with van der Waals surface area (Å²) in [7, 11) is 0. The average molecular weight is 652 g/mol. The van der Waals surface area contributed by atoms with Crippen molar-refractivity contribution in [2.75, 3.05) is 43.5 Å². The number of halogens is 5. The minimum absolute atomic E-state index is 0.0240. The molecular weight excluding hydrogens is 618 g/mol. The number of carbonyl (C=O) groups excluding carboxylic acids is 1. The zero-order valence-corrected chi connectivity index (χ0v) is 25.6. The van der Waals surface area contributed by atoms with Crippen LogP contribution in [0.1, 0.15) is 44.8 Å². The molecule has 3 heterocycles. The summed E-state index contributed by atoms with van der Waals surface area (Å²) in [5.41, 5.74) is 5.73. The molecule has 2 aromatic carbocycles. The lowest BCUT2D eigenvalue weighted by atomic mass is 9.76. The molecule has 14 heteroatoms. The Labute approximate surface area is 263 Å². The van der Waals surface area contributed by atoms with Crippen molar-refractivity contribution in [3.8, 4) is 22.8 Å². The number of nitrogens with zero attached hydrogens (tertiary/aromatic N) is 3. The molecule has 2 aliphatic heterocycles. The quantitative estimate of drug-likeness (QED) is 0.209. The van der Waals surface area contributed by atoms with Crippen LogP contribution in [0.5, 0.6) is 11.6 Å². The van der Waals surface area contributed by atoms with E-state index in [1.807, 2.05) is 4.90 Å². The Bertz CT molecular complexity index is 1530. The molecule has 2 fully saturated rings. The predicted octanol–water partition coefficient (Wildman–Crippen LogP) is 6.11. The Kier molecular flexibility index (Phi) is 9.59. The molecule has 1 aromatic heterocycles. The molecule has 2 saturated heterocycles. The molecule has 3 N–H and O–H groups in total. The van der Waals surface area contributed by atoms with Gasteiger partial charge in [0.15, 0.2) is 11.6 Å². The van der Waals surface area contributed by atoms with Crippen LogP contribution in [0.25, 0.3) is 11.1 Å². The number of ether oxygens (including phenoxy) is 3. The van der Waals surface area contributed by atoms with Crippen LogP contribution in [0.4, 0.5) is 29.3 Å². The van der Waals surface area contributed by atoms with E-state index in [9.17, 15) is 22.4 Å². The number of benzene rings is 2. The molecule has 9 nitrogen and oxygen atoms in total. The number of aromatic nitrogens is 2. The topological polar surface area (TPSA) is 112 Å². The lowest BCUT2D eigenvalue weighted by molar-refractivity contribution is -0.198. The second kappa shape index (κ2) is 13.3. The summed E-state index contributed by atoms with van der Waals surface area (Å²) < 4.78 is 74.5. The number of esters is 1. The number of hydrogen-bond acceptors (Lipinski definition) is 9. The largest absolute Gasteiger partial charge is 0.491 e. The van der Waals surface area contributed by atoms with Gasteiger partial charge in [-0.15, -0.1) is 0 Å². The summed E-state index contributed by atoms with van der Waals surface area (Å²) in [5.74, 6) is -1.32. The van der Waals surface area contributed by atoms with Crippen LogP contribution in [0.2, 0.25) is 5.02 Å². The first-order valence-electron chi connectivity index (χ1n) is 14.7. The summed E-state index contributed by atoms with van der Waals surface area (Å²) in [6.07, 6.45) is -5.28. The Morgan fingerprint density at radius 1 is 1.13 bits per heavy atom. The average Bonchev–Trinajstić information content (AvgIpc) is 3.40. The van der Waals surface area contributed by atoms with E-state index >= 15 is 0 Å². The van der Waals surface area contributed by atoms with Crippen molar-refractivity contribution >= 4 is 29.3 Å². The van der Waals surface area contributed by atoms with E-state index in [0.717, 1.165) is 18.9 Å². The maximum Gasteiger partial charge on any atom is 0.429 e. The molecule has 45 heavy (non-hydrogen) atoms. The van der Waals surface area contributed by atoms with Gasteiger partial charge in [0, 0.05) is 36.3 Å². The Hall–Kier alpha value is -3.84. The number of nitrogens with two attached hydrogens (primary N) is 1. The number of alkyl halides is 3. The highest BCUT2D eigenvalue weighted by atomic mass is 35.5. The highest BCUT2D eigenvalue weighted by Gasteiger charge is 2.46. The third-order valence-electron chi connectivity index (χ3n) is 8.16. The first kappa shape index (κ1) is 32.6. The van der Waals surface area contributed by atoms with Gasteiger partial charge in [0.05, 0.1) is 13.2 Å². The fraction of sp³-hybridized carbons (Fsp3) is 0.452. The highest BCUT2D eigenvalue weighted by molar-refractivity contribution is 6.30. The lowest BCUT2D eigenvalue weighted by Crippen LogP contribution is -2.41. The number of piperidine rings is 1. The van der Waals surface area contributed by atoms with Gasteiger partial charge in [-0.3, -0.25) is 4.79 Å². The van der Waals surface area contributed by atoms with Gasteiger partial charge >= 0.3 is 12.1 Å². The molecule has 0 amide bonds. The van der Waals surface area contributed by atoms with Gasteiger partial charge in [-0.1, -0.05) is 23.7 Å². The summed E-state index contributed by atoms with van der Waals surface area (Å²) in [6, 6.07) is 8.68. The van der Waals surface area contributed by atoms with Gasteiger partial charge in [0.1, 0.15) is 11.9 Å².